The lowest BCUT2D eigenvalue weighted by molar-refractivity contribution is -0.138. The number of hydrogen-bond donors (Lipinski definition) is 2. The van der Waals surface area contributed by atoms with Crippen molar-refractivity contribution in [1.29, 1.82) is 0 Å². The number of carboxylic acid groups (broad SMARTS) is 1. The van der Waals surface area contributed by atoms with Gasteiger partial charge in [-0.3, -0.25) is 4.79 Å². The third-order valence-electron chi connectivity index (χ3n) is 2.75. The van der Waals surface area contributed by atoms with Crippen LogP contribution in [0.1, 0.15) is 6.92 Å². The minimum absolute atomic E-state index is 0.353. The molecular weight excluding hydrogens is 392 g/mol. The van der Waals surface area contributed by atoms with E-state index in [4.69, 9.17) is 32.8 Å². The van der Waals surface area contributed by atoms with E-state index in [-0.39, 0.29) is 0 Å². The van der Waals surface area contributed by atoms with Gasteiger partial charge >= 0.3 is 12.7 Å². The van der Waals surface area contributed by atoms with E-state index < -0.39 is 18.7 Å². The molecule has 2 aromatic carbocycles. The molecule has 2 N–H and O–H groups in total. The van der Waals surface area contributed by atoms with Gasteiger partial charge in [-0.2, -0.15) is 0 Å². The van der Waals surface area contributed by atoms with Crippen molar-refractivity contribution in [2.45, 2.75) is 17.9 Å². The number of aliphatic carboxylic acids is 1. The third kappa shape index (κ3) is 5.72. The Balaban J connectivity index is 2.30. The normalized spacial score (nSPS) is 14.6. The quantitative estimate of drug-likeness (QED) is 0.605. The molecule has 0 aliphatic heterocycles. The van der Waals surface area contributed by atoms with Crippen molar-refractivity contribution in [2.75, 3.05) is 0 Å². The van der Waals surface area contributed by atoms with E-state index in [1.165, 1.54) is 6.92 Å². The molecule has 0 heterocycles. The summed E-state index contributed by atoms with van der Waals surface area (Å²) in [6.45, 7) is -2.26. The van der Waals surface area contributed by atoms with Gasteiger partial charge in [0.05, 0.1) is 0 Å². The highest BCUT2D eigenvalue weighted by atomic mass is 35.5. The molecule has 2 atom stereocenters. The van der Waals surface area contributed by atoms with Gasteiger partial charge in [0, 0.05) is 14.9 Å². The number of hydrogen-bond acceptors (Lipinski definition) is 4. The van der Waals surface area contributed by atoms with Crippen LogP contribution in [0, 0.1) is 0 Å². The third-order valence-corrected chi connectivity index (χ3v) is 6.92. The van der Waals surface area contributed by atoms with Gasteiger partial charge < -0.3 is 9.63 Å². The van der Waals surface area contributed by atoms with E-state index >= 15 is 0 Å². The molecule has 0 amide bonds. The topological polar surface area (TPSA) is 75.6 Å². The zero-order valence-corrected chi connectivity index (χ0v) is 15.7. The number of carboxylic acids is 1. The number of halogens is 2. The van der Waals surface area contributed by atoms with Crippen molar-refractivity contribution in [1.82, 2.24) is 5.09 Å². The van der Waals surface area contributed by atoms with Gasteiger partial charge in [0.1, 0.15) is 11.8 Å². The summed E-state index contributed by atoms with van der Waals surface area (Å²) in [5.74, 6) is -0.789. The highest BCUT2D eigenvalue weighted by molar-refractivity contribution is 8.56. The first-order valence-electron chi connectivity index (χ1n) is 6.78. The number of nitrogens with one attached hydrogen (secondary N) is 1. The largest absolute Gasteiger partial charge is 0.480 e. The number of rotatable bonds is 7. The molecule has 0 aliphatic carbocycles. The summed E-state index contributed by atoms with van der Waals surface area (Å²) in [5.41, 5.74) is 0. The predicted octanol–water partition coefficient (Wildman–Crippen LogP) is 5.34. The summed E-state index contributed by atoms with van der Waals surface area (Å²) < 4.78 is 18.7. The molecule has 2 rings (SSSR count). The van der Waals surface area contributed by atoms with E-state index in [9.17, 15) is 9.36 Å². The van der Waals surface area contributed by atoms with Crippen LogP contribution in [0.2, 0.25) is 10.0 Å². The Morgan fingerprint density at radius 3 is 2.33 bits per heavy atom. The minimum Gasteiger partial charge on any atom is -0.480 e. The minimum atomic E-state index is -3.64. The van der Waals surface area contributed by atoms with Crippen LogP contribution in [0.15, 0.2) is 53.4 Å². The Bertz CT molecular complexity index is 755. The van der Waals surface area contributed by atoms with E-state index in [2.05, 4.69) is 5.09 Å². The SMILES string of the molecule is CC(NP(=O)(Oc1ccccc1)Sc1cc(Cl)cc(Cl)c1)C(=O)O. The van der Waals surface area contributed by atoms with Crippen LogP contribution < -0.4 is 9.61 Å². The van der Waals surface area contributed by atoms with E-state index in [1.807, 2.05) is 0 Å². The fourth-order valence-corrected chi connectivity index (χ4v) is 6.27. The number of carbonyl (C=O) groups is 1. The van der Waals surface area contributed by atoms with E-state index in [1.54, 1.807) is 48.5 Å². The molecule has 9 heteroatoms. The second kappa shape index (κ2) is 8.28. The standard InChI is InChI=1S/C15H14Cl2NO4PS/c1-10(15(19)20)18-23(21,22-13-5-3-2-4-6-13)24-14-8-11(16)7-12(17)9-14/h2-10H,1H3,(H,18,21)(H,19,20). The Morgan fingerprint density at radius 1 is 1.21 bits per heavy atom. The van der Waals surface area contributed by atoms with Crippen molar-refractivity contribution in [3.05, 3.63) is 58.6 Å². The molecule has 0 aromatic heterocycles. The maximum Gasteiger partial charge on any atom is 0.379 e. The van der Waals surface area contributed by atoms with Gasteiger partial charge in [-0.05, 0) is 48.6 Å². The predicted molar refractivity (Wildman–Crippen MR) is 97.2 cm³/mol. The Morgan fingerprint density at radius 2 is 1.79 bits per heavy atom. The maximum absolute atomic E-state index is 13.2. The highest BCUT2D eigenvalue weighted by Gasteiger charge is 2.31. The summed E-state index contributed by atoms with van der Waals surface area (Å²) >= 11 is 12.8. The van der Waals surface area contributed by atoms with Gasteiger partial charge in [0.2, 0.25) is 0 Å². The smallest absolute Gasteiger partial charge is 0.379 e. The van der Waals surface area contributed by atoms with Crippen molar-refractivity contribution >= 4 is 47.3 Å². The van der Waals surface area contributed by atoms with E-state index in [0.717, 1.165) is 11.4 Å². The maximum atomic E-state index is 13.2. The van der Waals surface area contributed by atoms with Crippen LogP contribution in [0.25, 0.3) is 0 Å². The van der Waals surface area contributed by atoms with Gasteiger partial charge in [-0.25, -0.2) is 9.65 Å². The molecule has 0 fully saturated rings. The first kappa shape index (κ1) is 19.2. The molecule has 0 radical (unpaired) electrons. The summed E-state index contributed by atoms with van der Waals surface area (Å²) in [4.78, 5) is 11.6. The molecule has 0 aliphatic rings. The zero-order chi connectivity index (χ0) is 17.7. The lowest BCUT2D eigenvalue weighted by Gasteiger charge is -2.21. The molecular formula is C15H14Cl2NO4PS. The number of benzene rings is 2. The first-order valence-corrected chi connectivity index (χ1v) is 10.6. The van der Waals surface area contributed by atoms with Crippen LogP contribution in [-0.4, -0.2) is 17.1 Å². The van der Waals surface area contributed by atoms with Crippen LogP contribution in [0.3, 0.4) is 0 Å². The molecule has 0 spiro atoms. The van der Waals surface area contributed by atoms with Crippen molar-refractivity contribution in [3.8, 4) is 5.75 Å². The van der Waals surface area contributed by atoms with Gasteiger partial charge in [0.15, 0.2) is 0 Å². The van der Waals surface area contributed by atoms with Crippen molar-refractivity contribution in [2.24, 2.45) is 0 Å². The molecule has 24 heavy (non-hydrogen) atoms. The second-order valence-corrected chi connectivity index (χ2v) is 9.74. The molecule has 0 saturated carbocycles. The first-order chi connectivity index (χ1) is 11.3. The highest BCUT2D eigenvalue weighted by Crippen LogP contribution is 2.59. The average Bonchev–Trinajstić information content (AvgIpc) is 2.46. The molecule has 2 unspecified atom stereocenters. The van der Waals surface area contributed by atoms with E-state index in [0.29, 0.717) is 20.7 Å². The zero-order valence-electron chi connectivity index (χ0n) is 12.5. The van der Waals surface area contributed by atoms with Gasteiger partial charge in [0.25, 0.3) is 0 Å². The molecule has 0 bridgehead atoms. The number of para-hydroxylation sites is 1. The van der Waals surface area contributed by atoms with Crippen LogP contribution >= 0.6 is 41.3 Å². The molecule has 128 valence electrons. The van der Waals surface area contributed by atoms with Crippen molar-refractivity contribution < 1.29 is 19.0 Å². The fourth-order valence-electron chi connectivity index (χ4n) is 1.70. The lowest BCUT2D eigenvalue weighted by Crippen LogP contribution is -2.31. The Hall–Kier alpha value is -1.17. The summed E-state index contributed by atoms with van der Waals surface area (Å²) in [6, 6.07) is 12.1. The van der Waals surface area contributed by atoms with Gasteiger partial charge in [-0.15, -0.1) is 0 Å². The summed E-state index contributed by atoms with van der Waals surface area (Å²) in [7, 11) is 0. The van der Waals surface area contributed by atoms with Crippen LogP contribution in [0.5, 0.6) is 5.75 Å². The van der Waals surface area contributed by atoms with Gasteiger partial charge in [-0.1, -0.05) is 41.4 Å². The summed E-state index contributed by atoms with van der Waals surface area (Å²) in [6.07, 6.45) is 0. The molecule has 0 saturated heterocycles. The molecule has 5 nitrogen and oxygen atoms in total. The molecule has 2 aromatic rings. The lowest BCUT2D eigenvalue weighted by atomic mass is 10.3. The van der Waals surface area contributed by atoms with Crippen molar-refractivity contribution in [3.63, 3.8) is 0 Å². The second-order valence-electron chi connectivity index (χ2n) is 4.79. The van der Waals surface area contributed by atoms with Crippen LogP contribution in [0.4, 0.5) is 0 Å². The monoisotopic (exact) mass is 405 g/mol. The average molecular weight is 406 g/mol. The fraction of sp³-hybridized carbons (Fsp3) is 0.133. The Labute approximate surface area is 153 Å². The van der Waals surface area contributed by atoms with Crippen LogP contribution in [-0.2, 0) is 9.36 Å². The Kier molecular flexibility index (Phi) is 6.61. The summed E-state index contributed by atoms with van der Waals surface area (Å²) in [5, 5.41) is 12.4.